The lowest BCUT2D eigenvalue weighted by atomic mass is 10.1. The summed E-state index contributed by atoms with van der Waals surface area (Å²) in [5.74, 6) is -0.224. The molecular formula is C21H24FN3. The van der Waals surface area contributed by atoms with Gasteiger partial charge in [-0.1, -0.05) is 30.3 Å². The van der Waals surface area contributed by atoms with Crippen molar-refractivity contribution in [1.82, 2.24) is 15.1 Å². The van der Waals surface area contributed by atoms with Crippen molar-refractivity contribution in [3.63, 3.8) is 0 Å². The third-order valence-corrected chi connectivity index (χ3v) is 4.38. The van der Waals surface area contributed by atoms with E-state index in [1.54, 1.807) is 12.1 Å². The number of aromatic nitrogens is 2. The zero-order valence-electron chi connectivity index (χ0n) is 14.6. The highest BCUT2D eigenvalue weighted by atomic mass is 19.1. The van der Waals surface area contributed by atoms with Gasteiger partial charge in [0.05, 0.1) is 5.69 Å². The Labute approximate surface area is 148 Å². The fourth-order valence-electron chi connectivity index (χ4n) is 2.87. The molecule has 0 unspecified atom stereocenters. The van der Waals surface area contributed by atoms with Crippen molar-refractivity contribution in [3.05, 3.63) is 77.7 Å². The van der Waals surface area contributed by atoms with Crippen LogP contribution in [0.4, 0.5) is 4.39 Å². The van der Waals surface area contributed by atoms with Gasteiger partial charge in [0.1, 0.15) is 5.82 Å². The summed E-state index contributed by atoms with van der Waals surface area (Å²) in [5, 5.41) is 7.42. The molecule has 130 valence electrons. The number of benzene rings is 2. The van der Waals surface area contributed by atoms with E-state index in [0.717, 1.165) is 49.3 Å². The highest BCUT2D eigenvalue weighted by Crippen LogP contribution is 2.18. The van der Waals surface area contributed by atoms with Gasteiger partial charge in [0.15, 0.2) is 0 Å². The molecule has 3 rings (SSSR count). The molecule has 3 nitrogen and oxygen atoms in total. The molecule has 2 aromatic carbocycles. The average molecular weight is 337 g/mol. The number of hydrogen-bond acceptors (Lipinski definition) is 2. The molecule has 0 bridgehead atoms. The first kappa shape index (κ1) is 17.4. The van der Waals surface area contributed by atoms with E-state index < -0.39 is 0 Å². The quantitative estimate of drug-likeness (QED) is 0.664. The summed E-state index contributed by atoms with van der Waals surface area (Å²) >= 11 is 0. The normalized spacial score (nSPS) is 11.2. The van der Waals surface area contributed by atoms with Crippen LogP contribution in [0, 0.1) is 5.82 Å². The maximum atomic E-state index is 13.0. The molecule has 0 atom stereocenters. The van der Waals surface area contributed by atoms with E-state index in [4.69, 9.17) is 0 Å². The minimum Gasteiger partial charge on any atom is -0.306 e. The summed E-state index contributed by atoms with van der Waals surface area (Å²) in [4.78, 5) is 2.37. The second-order valence-corrected chi connectivity index (χ2v) is 6.43. The Hall–Kier alpha value is -2.46. The minimum absolute atomic E-state index is 0.224. The Morgan fingerprint density at radius 1 is 0.960 bits per heavy atom. The Bertz CT molecular complexity index is 765. The molecule has 25 heavy (non-hydrogen) atoms. The van der Waals surface area contributed by atoms with Gasteiger partial charge >= 0.3 is 0 Å². The Balaban J connectivity index is 1.42. The van der Waals surface area contributed by atoms with Crippen molar-refractivity contribution < 1.29 is 4.39 Å². The first-order valence-electron chi connectivity index (χ1n) is 8.73. The van der Waals surface area contributed by atoms with Crippen LogP contribution in [0.1, 0.15) is 17.7 Å². The third-order valence-electron chi connectivity index (χ3n) is 4.38. The molecule has 1 heterocycles. The highest BCUT2D eigenvalue weighted by molar-refractivity contribution is 5.58. The van der Waals surface area contributed by atoms with Crippen molar-refractivity contribution in [2.45, 2.75) is 19.3 Å². The second kappa shape index (κ2) is 8.58. The maximum absolute atomic E-state index is 13.0. The van der Waals surface area contributed by atoms with E-state index in [-0.39, 0.29) is 5.82 Å². The predicted molar refractivity (Wildman–Crippen MR) is 99.9 cm³/mol. The minimum atomic E-state index is -0.224. The van der Waals surface area contributed by atoms with Gasteiger partial charge in [-0.2, -0.15) is 5.10 Å². The van der Waals surface area contributed by atoms with Crippen molar-refractivity contribution >= 4 is 0 Å². The summed E-state index contributed by atoms with van der Waals surface area (Å²) in [7, 11) is 2.17. The van der Waals surface area contributed by atoms with Gasteiger partial charge in [-0.05, 0) is 68.8 Å². The average Bonchev–Trinajstić information content (AvgIpc) is 3.10. The van der Waals surface area contributed by atoms with Crippen LogP contribution >= 0.6 is 0 Å². The van der Waals surface area contributed by atoms with E-state index in [0.29, 0.717) is 0 Å². The van der Waals surface area contributed by atoms with Crippen LogP contribution in [0.2, 0.25) is 0 Å². The van der Waals surface area contributed by atoms with Gasteiger partial charge in [0.2, 0.25) is 0 Å². The monoisotopic (exact) mass is 337 g/mol. The van der Waals surface area contributed by atoms with Crippen LogP contribution in [0.5, 0.6) is 0 Å². The lowest BCUT2D eigenvalue weighted by Crippen LogP contribution is -2.22. The van der Waals surface area contributed by atoms with E-state index in [1.165, 1.54) is 17.7 Å². The van der Waals surface area contributed by atoms with Crippen molar-refractivity contribution in [2.24, 2.45) is 0 Å². The van der Waals surface area contributed by atoms with Gasteiger partial charge in [-0.25, -0.2) is 4.39 Å². The molecular weight excluding hydrogens is 313 g/mol. The summed E-state index contributed by atoms with van der Waals surface area (Å²) in [6.07, 6.45) is 3.12. The molecule has 0 saturated heterocycles. The Morgan fingerprint density at radius 3 is 2.48 bits per heavy atom. The van der Waals surface area contributed by atoms with Gasteiger partial charge in [0.25, 0.3) is 0 Å². The molecule has 0 radical (unpaired) electrons. The Kier molecular flexibility index (Phi) is 5.96. The van der Waals surface area contributed by atoms with Crippen LogP contribution in [0.25, 0.3) is 11.3 Å². The number of hydrogen-bond donors (Lipinski definition) is 1. The summed E-state index contributed by atoms with van der Waals surface area (Å²) in [6.45, 7) is 2.12. The predicted octanol–water partition coefficient (Wildman–Crippen LogP) is 4.32. The van der Waals surface area contributed by atoms with Gasteiger partial charge in [0, 0.05) is 17.8 Å². The molecule has 0 aliphatic carbocycles. The van der Waals surface area contributed by atoms with Crippen LogP contribution in [0.15, 0.2) is 60.7 Å². The molecule has 0 saturated carbocycles. The van der Waals surface area contributed by atoms with E-state index in [2.05, 4.69) is 58.5 Å². The first-order chi connectivity index (χ1) is 12.2. The van der Waals surface area contributed by atoms with Crippen LogP contribution in [0.3, 0.4) is 0 Å². The molecule has 1 N–H and O–H groups in total. The van der Waals surface area contributed by atoms with E-state index >= 15 is 0 Å². The van der Waals surface area contributed by atoms with Crippen LogP contribution in [-0.2, 0) is 12.8 Å². The number of nitrogens with zero attached hydrogens (tertiary/aromatic N) is 2. The zero-order valence-corrected chi connectivity index (χ0v) is 14.6. The number of nitrogens with one attached hydrogen (secondary N) is 1. The van der Waals surface area contributed by atoms with Crippen LogP contribution < -0.4 is 0 Å². The number of aryl methyl sites for hydroxylation is 1. The largest absolute Gasteiger partial charge is 0.306 e. The fraction of sp³-hybridized carbons (Fsp3) is 0.286. The highest BCUT2D eigenvalue weighted by Gasteiger charge is 2.05. The van der Waals surface area contributed by atoms with E-state index in [9.17, 15) is 4.39 Å². The third kappa shape index (κ3) is 5.26. The lowest BCUT2D eigenvalue weighted by molar-refractivity contribution is 0.333. The summed E-state index contributed by atoms with van der Waals surface area (Å²) in [5.41, 5.74) is 4.30. The summed E-state index contributed by atoms with van der Waals surface area (Å²) < 4.78 is 13.0. The molecule has 1 aromatic heterocycles. The second-order valence-electron chi connectivity index (χ2n) is 6.43. The van der Waals surface area contributed by atoms with Crippen molar-refractivity contribution in [1.29, 1.82) is 0 Å². The number of rotatable bonds is 8. The molecule has 0 aliphatic heterocycles. The van der Waals surface area contributed by atoms with Gasteiger partial charge in [-0.15, -0.1) is 0 Å². The first-order valence-corrected chi connectivity index (χ1v) is 8.73. The number of H-pyrrole nitrogens is 1. The zero-order chi connectivity index (χ0) is 17.5. The van der Waals surface area contributed by atoms with Crippen molar-refractivity contribution in [2.75, 3.05) is 20.1 Å². The topological polar surface area (TPSA) is 31.9 Å². The molecule has 0 amide bonds. The molecule has 3 aromatic rings. The molecule has 0 fully saturated rings. The Morgan fingerprint density at radius 2 is 1.72 bits per heavy atom. The number of aromatic amines is 1. The maximum Gasteiger partial charge on any atom is 0.123 e. The van der Waals surface area contributed by atoms with E-state index in [1.807, 2.05) is 0 Å². The number of likely N-dealkylation sites (N-methyl/N-ethyl adjacent to an activating group) is 1. The lowest BCUT2D eigenvalue weighted by Gasteiger charge is -2.16. The van der Waals surface area contributed by atoms with Gasteiger partial charge in [-0.3, -0.25) is 5.10 Å². The molecule has 0 spiro atoms. The summed E-state index contributed by atoms with van der Waals surface area (Å²) in [6, 6.07) is 19.1. The van der Waals surface area contributed by atoms with Gasteiger partial charge < -0.3 is 4.90 Å². The number of halogens is 1. The SMILES string of the molecule is CN(CCCc1cc(-c2ccc(F)cc2)n[nH]1)CCc1ccccc1. The van der Waals surface area contributed by atoms with Crippen molar-refractivity contribution in [3.8, 4) is 11.3 Å². The van der Waals surface area contributed by atoms with Crippen LogP contribution in [-0.4, -0.2) is 35.2 Å². The molecule has 4 heteroatoms. The standard InChI is InChI=1S/C21H24FN3/c1-25(15-13-17-6-3-2-4-7-17)14-5-8-20-16-21(24-23-20)18-9-11-19(22)12-10-18/h2-4,6-7,9-12,16H,5,8,13-15H2,1H3,(H,23,24). The molecule has 0 aliphatic rings. The fourth-order valence-corrected chi connectivity index (χ4v) is 2.87. The smallest absolute Gasteiger partial charge is 0.123 e.